The molecule has 5 rings (SSSR count). The molecule has 4 aromatic rings. The van der Waals surface area contributed by atoms with Crippen molar-refractivity contribution < 1.29 is 9.62 Å². The second-order valence-electron chi connectivity index (χ2n) is 8.75. The van der Waals surface area contributed by atoms with Crippen LogP contribution in [-0.4, -0.2) is 52.2 Å². The summed E-state index contributed by atoms with van der Waals surface area (Å²) in [6.45, 7) is 1.67. The van der Waals surface area contributed by atoms with Crippen LogP contribution in [0.15, 0.2) is 65.6 Å². The summed E-state index contributed by atoms with van der Waals surface area (Å²) < 4.78 is 6.37. The lowest BCUT2D eigenvalue weighted by molar-refractivity contribution is 0.126. The smallest absolute Gasteiger partial charge is 0.222 e. The van der Waals surface area contributed by atoms with E-state index in [-0.39, 0.29) is 6.04 Å². The molecule has 0 spiro atoms. The van der Waals surface area contributed by atoms with Gasteiger partial charge in [0.15, 0.2) is 0 Å². The Bertz CT molecular complexity index is 1250. The number of aromatic nitrogens is 3. The van der Waals surface area contributed by atoms with Crippen molar-refractivity contribution in [1.29, 1.82) is 0 Å². The third-order valence-electron chi connectivity index (χ3n) is 6.14. The van der Waals surface area contributed by atoms with E-state index >= 15 is 0 Å². The maximum atomic E-state index is 9.42. The minimum atomic E-state index is -0.00868. The third kappa shape index (κ3) is 4.56. The molecule has 174 valence electrons. The predicted octanol–water partition coefficient (Wildman–Crippen LogP) is 4.41. The molecule has 1 aliphatic carbocycles. The molecule has 0 fully saturated rings. The summed E-state index contributed by atoms with van der Waals surface area (Å²) >= 11 is 0. The normalized spacial score (nSPS) is 15.0. The number of nitrogens with one attached hydrogen (secondary N) is 2. The zero-order valence-electron chi connectivity index (χ0n) is 19.3. The maximum absolute atomic E-state index is 9.42. The standard InChI is InChI=1S/C26H28N6O2/c1-32(2)12-11-28-26-29-15-20(16-30-26)24-14-22(25(34-24)17-7-9-27-10-8-17)19-3-5-21-18(13-19)4-6-23(21)31-33/h3,5,7-10,13-16,23,31,33H,4,6,11-12H2,1-2H3,(H,28,29,30). The van der Waals surface area contributed by atoms with Gasteiger partial charge in [0.25, 0.3) is 0 Å². The van der Waals surface area contributed by atoms with Gasteiger partial charge in [-0.15, -0.1) is 0 Å². The first-order valence-corrected chi connectivity index (χ1v) is 11.4. The molecular weight excluding hydrogens is 428 g/mol. The van der Waals surface area contributed by atoms with Gasteiger partial charge in [-0.25, -0.2) is 9.97 Å². The fraction of sp³-hybridized carbons (Fsp3) is 0.269. The van der Waals surface area contributed by atoms with Crippen LogP contribution in [0.3, 0.4) is 0 Å². The molecule has 8 heteroatoms. The fourth-order valence-corrected chi connectivity index (χ4v) is 4.32. The highest BCUT2D eigenvalue weighted by Crippen LogP contribution is 2.41. The summed E-state index contributed by atoms with van der Waals surface area (Å²) in [6, 6.07) is 12.3. The number of hydrogen-bond donors (Lipinski definition) is 3. The highest BCUT2D eigenvalue weighted by Gasteiger charge is 2.24. The Morgan fingerprint density at radius 3 is 2.56 bits per heavy atom. The number of fused-ring (bicyclic) bond motifs is 1. The zero-order chi connectivity index (χ0) is 23.5. The number of rotatable bonds is 8. The molecule has 3 heterocycles. The molecule has 3 aromatic heterocycles. The Balaban J connectivity index is 1.49. The number of likely N-dealkylation sites (N-methyl/N-ethyl adjacent to an activating group) is 1. The summed E-state index contributed by atoms with van der Waals surface area (Å²) in [4.78, 5) is 15.2. The SMILES string of the molecule is CN(C)CCNc1ncc(-c2cc(-c3ccc4c(c3)CCC4NO)c(-c3ccncc3)o2)cn1. The molecule has 1 unspecified atom stereocenters. The lowest BCUT2D eigenvalue weighted by Crippen LogP contribution is -2.21. The van der Waals surface area contributed by atoms with Crippen molar-refractivity contribution in [2.45, 2.75) is 18.9 Å². The lowest BCUT2D eigenvalue weighted by Gasteiger charge is -2.10. The third-order valence-corrected chi connectivity index (χ3v) is 6.14. The number of benzene rings is 1. The van der Waals surface area contributed by atoms with Crippen LogP contribution in [0.5, 0.6) is 0 Å². The number of furan rings is 1. The van der Waals surface area contributed by atoms with E-state index in [4.69, 9.17) is 4.42 Å². The van der Waals surface area contributed by atoms with Gasteiger partial charge in [-0.2, -0.15) is 5.48 Å². The number of hydrogen-bond acceptors (Lipinski definition) is 8. The van der Waals surface area contributed by atoms with Gasteiger partial charge in [0.05, 0.1) is 11.6 Å². The average Bonchev–Trinajstić information content (AvgIpc) is 3.49. The van der Waals surface area contributed by atoms with E-state index in [0.29, 0.717) is 11.7 Å². The molecule has 34 heavy (non-hydrogen) atoms. The zero-order valence-corrected chi connectivity index (χ0v) is 19.3. The Morgan fingerprint density at radius 2 is 1.82 bits per heavy atom. The van der Waals surface area contributed by atoms with Crippen LogP contribution in [0.1, 0.15) is 23.6 Å². The lowest BCUT2D eigenvalue weighted by atomic mass is 9.98. The molecule has 0 radical (unpaired) electrons. The van der Waals surface area contributed by atoms with Crippen LogP contribution in [0.2, 0.25) is 0 Å². The van der Waals surface area contributed by atoms with Crippen LogP contribution >= 0.6 is 0 Å². The van der Waals surface area contributed by atoms with Crippen molar-refractivity contribution in [3.63, 3.8) is 0 Å². The number of nitrogens with zero attached hydrogens (tertiary/aromatic N) is 4. The second kappa shape index (κ2) is 9.72. The second-order valence-corrected chi connectivity index (χ2v) is 8.75. The number of pyridine rings is 1. The number of aryl methyl sites for hydroxylation is 1. The monoisotopic (exact) mass is 456 g/mol. The van der Waals surface area contributed by atoms with Crippen molar-refractivity contribution in [2.75, 3.05) is 32.5 Å². The van der Waals surface area contributed by atoms with Crippen LogP contribution in [-0.2, 0) is 6.42 Å². The maximum Gasteiger partial charge on any atom is 0.222 e. The highest BCUT2D eigenvalue weighted by molar-refractivity contribution is 5.84. The van der Waals surface area contributed by atoms with Crippen molar-refractivity contribution >= 4 is 5.95 Å². The van der Waals surface area contributed by atoms with E-state index in [1.807, 2.05) is 32.3 Å². The van der Waals surface area contributed by atoms with Gasteiger partial charge in [-0.1, -0.05) is 18.2 Å². The Kier molecular flexibility index (Phi) is 6.35. The van der Waals surface area contributed by atoms with E-state index in [2.05, 4.69) is 48.8 Å². The Hall–Kier alpha value is -3.59. The fourth-order valence-electron chi connectivity index (χ4n) is 4.32. The van der Waals surface area contributed by atoms with E-state index in [9.17, 15) is 5.21 Å². The van der Waals surface area contributed by atoms with Crippen molar-refractivity contribution in [1.82, 2.24) is 25.3 Å². The molecule has 1 atom stereocenters. The van der Waals surface area contributed by atoms with Crippen LogP contribution < -0.4 is 10.8 Å². The van der Waals surface area contributed by atoms with Crippen LogP contribution in [0.25, 0.3) is 33.8 Å². The molecule has 1 aliphatic rings. The van der Waals surface area contributed by atoms with Gasteiger partial charge in [-0.3, -0.25) is 4.98 Å². The molecule has 0 bridgehead atoms. The first-order chi connectivity index (χ1) is 16.6. The first kappa shape index (κ1) is 22.2. The molecule has 1 aromatic carbocycles. The van der Waals surface area contributed by atoms with Gasteiger partial charge >= 0.3 is 0 Å². The van der Waals surface area contributed by atoms with Gasteiger partial charge in [0.1, 0.15) is 11.5 Å². The van der Waals surface area contributed by atoms with Crippen molar-refractivity contribution in [3.05, 3.63) is 72.3 Å². The predicted molar refractivity (Wildman–Crippen MR) is 131 cm³/mol. The minimum absolute atomic E-state index is 0.00868. The summed E-state index contributed by atoms with van der Waals surface area (Å²) in [6.07, 6.45) is 8.90. The molecular formula is C26H28N6O2. The molecule has 0 saturated heterocycles. The summed E-state index contributed by atoms with van der Waals surface area (Å²) in [5.74, 6) is 2.08. The summed E-state index contributed by atoms with van der Waals surface area (Å²) in [5.41, 5.74) is 8.64. The van der Waals surface area contributed by atoms with Gasteiger partial charge in [-0.05, 0) is 61.8 Å². The summed E-state index contributed by atoms with van der Waals surface area (Å²) in [7, 11) is 4.06. The van der Waals surface area contributed by atoms with Gasteiger partial charge < -0.3 is 19.8 Å². The van der Waals surface area contributed by atoms with E-state index in [1.54, 1.807) is 24.8 Å². The van der Waals surface area contributed by atoms with Crippen molar-refractivity contribution in [2.24, 2.45) is 0 Å². The van der Waals surface area contributed by atoms with Crippen LogP contribution in [0.4, 0.5) is 5.95 Å². The first-order valence-electron chi connectivity index (χ1n) is 11.4. The number of anilines is 1. The average molecular weight is 457 g/mol. The minimum Gasteiger partial charge on any atom is -0.455 e. The molecule has 3 N–H and O–H groups in total. The van der Waals surface area contributed by atoms with Crippen LogP contribution in [0, 0.1) is 0 Å². The number of hydroxylamine groups is 1. The molecule has 0 saturated carbocycles. The quantitative estimate of drug-likeness (QED) is 0.336. The van der Waals surface area contributed by atoms with Crippen molar-refractivity contribution in [3.8, 4) is 33.8 Å². The highest BCUT2D eigenvalue weighted by atomic mass is 16.5. The molecule has 0 amide bonds. The largest absolute Gasteiger partial charge is 0.455 e. The molecule has 8 nitrogen and oxygen atoms in total. The van der Waals surface area contributed by atoms with E-state index in [1.165, 1.54) is 5.56 Å². The van der Waals surface area contributed by atoms with Gasteiger partial charge in [0.2, 0.25) is 5.95 Å². The molecule has 0 aliphatic heterocycles. The Morgan fingerprint density at radius 1 is 1.03 bits per heavy atom. The van der Waals surface area contributed by atoms with Gasteiger partial charge in [0, 0.05) is 49.0 Å². The Labute approximate surface area is 198 Å². The topological polar surface area (TPSA) is 99.3 Å². The summed E-state index contributed by atoms with van der Waals surface area (Å²) in [5, 5.41) is 12.7. The van der Waals surface area contributed by atoms with E-state index < -0.39 is 0 Å². The van der Waals surface area contributed by atoms with E-state index in [0.717, 1.165) is 59.5 Å².